The van der Waals surface area contributed by atoms with Crippen molar-refractivity contribution >= 4 is 12.1 Å². The third-order valence-electron chi connectivity index (χ3n) is 2.19. The molecule has 1 amide bonds. The van der Waals surface area contributed by atoms with E-state index in [2.05, 4.69) is 17.2 Å². The molecule has 1 saturated heterocycles. The number of aliphatic carboxylic acids is 1. The number of carboxylic acid groups (broad SMARTS) is 1. The molecule has 0 radical (unpaired) electrons. The summed E-state index contributed by atoms with van der Waals surface area (Å²) in [4.78, 5) is 20.0. The Morgan fingerprint density at radius 3 is 2.50 bits per heavy atom. The fourth-order valence-electron chi connectivity index (χ4n) is 1.32. The normalized spacial score (nSPS) is 18.2. The predicted molar refractivity (Wildman–Crippen MR) is 64.3 cm³/mol. The molecule has 9 heteroatoms. The summed E-state index contributed by atoms with van der Waals surface area (Å²) in [6.45, 7) is 5.61. The maximum Gasteiger partial charge on any atom is 0.490 e. The standard InChI is InChI=1S/C9H16N2O2.C2HF3O2/c1-2-6-13-9(12)11-8-4-3-5-10-7-8;3-2(4,5)1(6)7/h2,8,10H,1,3-7H2,(H,11,12);(H,6,7). The molecule has 1 aliphatic rings. The lowest BCUT2D eigenvalue weighted by Gasteiger charge is -2.23. The summed E-state index contributed by atoms with van der Waals surface area (Å²) in [6.07, 6.45) is -1.75. The number of halogens is 3. The number of nitrogens with one attached hydrogen (secondary N) is 2. The van der Waals surface area contributed by atoms with E-state index in [1.807, 2.05) is 0 Å². The van der Waals surface area contributed by atoms with Crippen LogP contribution in [0.15, 0.2) is 12.7 Å². The molecule has 116 valence electrons. The molecule has 0 spiro atoms. The van der Waals surface area contributed by atoms with Crippen molar-refractivity contribution in [2.75, 3.05) is 19.7 Å². The van der Waals surface area contributed by atoms with Crippen molar-refractivity contribution in [2.24, 2.45) is 0 Å². The molecule has 0 aromatic carbocycles. The van der Waals surface area contributed by atoms with Gasteiger partial charge in [-0.2, -0.15) is 13.2 Å². The molecule has 0 bridgehead atoms. The van der Waals surface area contributed by atoms with E-state index in [0.29, 0.717) is 0 Å². The van der Waals surface area contributed by atoms with Crippen LogP contribution in [0.4, 0.5) is 18.0 Å². The first kappa shape index (κ1) is 18.2. The second-order valence-electron chi connectivity index (χ2n) is 3.88. The monoisotopic (exact) mass is 298 g/mol. The van der Waals surface area contributed by atoms with Gasteiger partial charge in [-0.3, -0.25) is 0 Å². The van der Waals surface area contributed by atoms with Gasteiger partial charge in [0.15, 0.2) is 0 Å². The van der Waals surface area contributed by atoms with Crippen molar-refractivity contribution in [3.63, 3.8) is 0 Å². The number of ether oxygens (including phenoxy) is 1. The topological polar surface area (TPSA) is 87.7 Å². The minimum atomic E-state index is -5.08. The van der Waals surface area contributed by atoms with E-state index in [-0.39, 0.29) is 18.7 Å². The maximum absolute atomic E-state index is 11.1. The van der Waals surface area contributed by atoms with Crippen LogP contribution in [0.2, 0.25) is 0 Å². The van der Waals surface area contributed by atoms with E-state index < -0.39 is 12.1 Å². The lowest BCUT2D eigenvalue weighted by Crippen LogP contribution is -2.45. The highest BCUT2D eigenvalue weighted by atomic mass is 19.4. The summed E-state index contributed by atoms with van der Waals surface area (Å²) >= 11 is 0. The Balaban J connectivity index is 0.000000441. The third-order valence-corrected chi connectivity index (χ3v) is 2.19. The van der Waals surface area contributed by atoms with E-state index in [9.17, 15) is 18.0 Å². The summed E-state index contributed by atoms with van der Waals surface area (Å²) in [7, 11) is 0. The predicted octanol–water partition coefficient (Wildman–Crippen LogP) is 1.28. The minimum Gasteiger partial charge on any atom is -0.475 e. The fourth-order valence-corrected chi connectivity index (χ4v) is 1.32. The molecular formula is C11H17F3N2O4. The van der Waals surface area contributed by atoms with Gasteiger partial charge in [0, 0.05) is 12.6 Å². The van der Waals surface area contributed by atoms with Crippen LogP contribution < -0.4 is 10.6 Å². The van der Waals surface area contributed by atoms with Crippen molar-refractivity contribution in [3.8, 4) is 0 Å². The molecule has 1 aliphatic heterocycles. The van der Waals surface area contributed by atoms with Crippen LogP contribution >= 0.6 is 0 Å². The molecule has 0 saturated carbocycles. The van der Waals surface area contributed by atoms with Gasteiger partial charge in [0.2, 0.25) is 0 Å². The van der Waals surface area contributed by atoms with Gasteiger partial charge in [0.05, 0.1) is 0 Å². The van der Waals surface area contributed by atoms with Gasteiger partial charge < -0.3 is 20.5 Å². The van der Waals surface area contributed by atoms with Crippen LogP contribution in [0.25, 0.3) is 0 Å². The maximum atomic E-state index is 11.1. The first-order chi connectivity index (χ1) is 9.27. The van der Waals surface area contributed by atoms with Crippen LogP contribution in [0.1, 0.15) is 12.8 Å². The summed E-state index contributed by atoms with van der Waals surface area (Å²) in [5.41, 5.74) is 0. The summed E-state index contributed by atoms with van der Waals surface area (Å²) in [5.74, 6) is -2.76. The quantitative estimate of drug-likeness (QED) is 0.683. The van der Waals surface area contributed by atoms with Gasteiger partial charge in [-0.05, 0) is 19.4 Å². The van der Waals surface area contributed by atoms with Crippen molar-refractivity contribution in [3.05, 3.63) is 12.7 Å². The average molecular weight is 298 g/mol. The SMILES string of the molecule is C=CCOC(=O)NC1CCCNC1.O=C(O)C(F)(F)F. The van der Waals surface area contributed by atoms with Crippen LogP contribution in [0.3, 0.4) is 0 Å². The van der Waals surface area contributed by atoms with Gasteiger partial charge in [-0.25, -0.2) is 9.59 Å². The van der Waals surface area contributed by atoms with Crippen LogP contribution in [-0.4, -0.2) is 49.1 Å². The number of amides is 1. The number of rotatable bonds is 3. The van der Waals surface area contributed by atoms with E-state index in [1.54, 1.807) is 6.08 Å². The molecule has 0 aromatic rings. The number of carbonyl (C=O) groups excluding carboxylic acids is 1. The molecular weight excluding hydrogens is 281 g/mol. The first-order valence-corrected chi connectivity index (χ1v) is 5.82. The number of carbonyl (C=O) groups is 2. The lowest BCUT2D eigenvalue weighted by molar-refractivity contribution is -0.192. The molecule has 3 N–H and O–H groups in total. The average Bonchev–Trinajstić information content (AvgIpc) is 2.37. The van der Waals surface area contributed by atoms with E-state index in [1.165, 1.54) is 0 Å². The number of hydrogen-bond acceptors (Lipinski definition) is 4. The van der Waals surface area contributed by atoms with Gasteiger partial charge in [-0.1, -0.05) is 12.7 Å². The summed E-state index contributed by atoms with van der Waals surface area (Å²) in [6, 6.07) is 0.214. The zero-order valence-corrected chi connectivity index (χ0v) is 10.7. The van der Waals surface area contributed by atoms with Gasteiger partial charge in [0.1, 0.15) is 6.61 Å². The third kappa shape index (κ3) is 9.20. The minimum absolute atomic E-state index is 0.214. The number of alkyl halides is 3. The van der Waals surface area contributed by atoms with Crippen LogP contribution in [0, 0.1) is 0 Å². The number of alkyl carbamates (subject to hydrolysis) is 1. The Morgan fingerprint density at radius 2 is 2.10 bits per heavy atom. The molecule has 1 heterocycles. The Morgan fingerprint density at radius 1 is 1.50 bits per heavy atom. The summed E-state index contributed by atoms with van der Waals surface area (Å²) in [5, 5.41) is 13.1. The number of hydrogen-bond donors (Lipinski definition) is 3. The Bertz CT molecular complexity index is 328. The van der Waals surface area contributed by atoms with Crippen LogP contribution in [0.5, 0.6) is 0 Å². The molecule has 0 aliphatic carbocycles. The summed E-state index contributed by atoms with van der Waals surface area (Å²) < 4.78 is 36.5. The van der Waals surface area contributed by atoms with Gasteiger partial charge >= 0.3 is 18.2 Å². The van der Waals surface area contributed by atoms with Gasteiger partial charge in [0.25, 0.3) is 0 Å². The molecule has 1 unspecified atom stereocenters. The zero-order valence-electron chi connectivity index (χ0n) is 10.7. The highest BCUT2D eigenvalue weighted by Gasteiger charge is 2.38. The largest absolute Gasteiger partial charge is 0.490 e. The molecule has 0 aromatic heterocycles. The number of carboxylic acids is 1. The van der Waals surface area contributed by atoms with E-state index >= 15 is 0 Å². The van der Waals surface area contributed by atoms with Gasteiger partial charge in [-0.15, -0.1) is 0 Å². The smallest absolute Gasteiger partial charge is 0.475 e. The van der Waals surface area contributed by atoms with E-state index in [0.717, 1.165) is 25.9 Å². The van der Waals surface area contributed by atoms with E-state index in [4.69, 9.17) is 14.6 Å². The van der Waals surface area contributed by atoms with Crippen molar-refractivity contribution in [2.45, 2.75) is 25.1 Å². The molecule has 1 rings (SSSR count). The Labute approximate surface area is 114 Å². The Kier molecular flexibility index (Phi) is 8.37. The molecule has 6 nitrogen and oxygen atoms in total. The second kappa shape index (κ2) is 9.18. The van der Waals surface area contributed by atoms with Crippen molar-refractivity contribution in [1.29, 1.82) is 0 Å². The highest BCUT2D eigenvalue weighted by Crippen LogP contribution is 2.13. The molecule has 1 fully saturated rings. The highest BCUT2D eigenvalue weighted by molar-refractivity contribution is 5.73. The second-order valence-corrected chi connectivity index (χ2v) is 3.88. The zero-order chi connectivity index (χ0) is 15.6. The lowest BCUT2D eigenvalue weighted by atomic mass is 10.1. The fraction of sp³-hybridized carbons (Fsp3) is 0.636. The van der Waals surface area contributed by atoms with Crippen molar-refractivity contribution < 1.29 is 32.6 Å². The Hall–Kier alpha value is -1.77. The molecule has 1 atom stereocenters. The number of piperidine rings is 1. The molecule has 20 heavy (non-hydrogen) atoms. The van der Waals surface area contributed by atoms with Crippen LogP contribution in [-0.2, 0) is 9.53 Å². The van der Waals surface area contributed by atoms with Crippen molar-refractivity contribution in [1.82, 2.24) is 10.6 Å². The first-order valence-electron chi connectivity index (χ1n) is 5.82.